The van der Waals surface area contributed by atoms with Crippen molar-refractivity contribution in [2.24, 2.45) is 0 Å². The van der Waals surface area contributed by atoms with Crippen LogP contribution in [0.2, 0.25) is 0 Å². The van der Waals surface area contributed by atoms with Gasteiger partial charge in [0.1, 0.15) is 11.5 Å². The van der Waals surface area contributed by atoms with Gasteiger partial charge in [-0.25, -0.2) is 9.78 Å². The Balaban J connectivity index is 0.000000354. The van der Waals surface area contributed by atoms with Gasteiger partial charge in [0.15, 0.2) is 0 Å². The number of anilines is 2. The number of rotatable bonds is 3. The number of nitrogen functional groups attached to an aromatic ring is 1. The van der Waals surface area contributed by atoms with E-state index in [9.17, 15) is 9.59 Å². The minimum absolute atomic E-state index is 0.174. The summed E-state index contributed by atoms with van der Waals surface area (Å²) in [5.41, 5.74) is 8.41. The second-order valence-electron chi connectivity index (χ2n) is 7.41. The fourth-order valence-corrected chi connectivity index (χ4v) is 3.13. The molecular formula is C23H37N5O4. The number of aliphatic hydroxyl groups excluding tert-OH is 1. The highest BCUT2D eigenvalue weighted by Gasteiger charge is 2.17. The lowest BCUT2D eigenvalue weighted by atomic mass is 10.1. The third-order valence-corrected chi connectivity index (χ3v) is 4.89. The van der Waals surface area contributed by atoms with Gasteiger partial charge in [-0.05, 0) is 57.9 Å². The van der Waals surface area contributed by atoms with E-state index in [1.165, 1.54) is 7.11 Å². The van der Waals surface area contributed by atoms with Gasteiger partial charge >= 0.3 is 6.09 Å². The van der Waals surface area contributed by atoms with Gasteiger partial charge in [0.05, 0.1) is 12.8 Å². The average Bonchev–Trinajstić information content (AvgIpc) is 3.33. The molecule has 0 atom stereocenters. The Morgan fingerprint density at radius 1 is 1.19 bits per heavy atom. The zero-order valence-corrected chi connectivity index (χ0v) is 20.1. The van der Waals surface area contributed by atoms with E-state index in [1.807, 2.05) is 50.2 Å². The lowest BCUT2D eigenvalue weighted by molar-refractivity contribution is 0.133. The summed E-state index contributed by atoms with van der Waals surface area (Å²) in [7, 11) is 5.39. The number of benzene rings is 1. The van der Waals surface area contributed by atoms with E-state index in [2.05, 4.69) is 9.72 Å². The normalized spacial score (nSPS) is 12.3. The van der Waals surface area contributed by atoms with Gasteiger partial charge in [-0.15, -0.1) is 0 Å². The van der Waals surface area contributed by atoms with Crippen molar-refractivity contribution in [1.82, 2.24) is 14.5 Å². The van der Waals surface area contributed by atoms with Gasteiger partial charge in [0.25, 0.3) is 5.56 Å². The molecule has 0 radical (unpaired) electrons. The van der Waals surface area contributed by atoms with E-state index in [4.69, 9.17) is 10.8 Å². The van der Waals surface area contributed by atoms with Crippen molar-refractivity contribution in [1.29, 1.82) is 0 Å². The third-order valence-electron chi connectivity index (χ3n) is 4.89. The Kier molecular flexibility index (Phi) is 11.3. The molecular weight excluding hydrogens is 410 g/mol. The van der Waals surface area contributed by atoms with Crippen molar-refractivity contribution in [3.8, 4) is 11.4 Å². The van der Waals surface area contributed by atoms with Gasteiger partial charge in [-0.2, -0.15) is 0 Å². The van der Waals surface area contributed by atoms with Gasteiger partial charge in [-0.1, -0.05) is 0 Å². The molecule has 9 nitrogen and oxygen atoms in total. The number of likely N-dealkylation sites (tertiary alicyclic amines) is 1. The van der Waals surface area contributed by atoms with Crippen LogP contribution in [0.25, 0.3) is 11.4 Å². The smallest absolute Gasteiger partial charge is 0.409 e. The van der Waals surface area contributed by atoms with E-state index in [1.54, 1.807) is 23.3 Å². The van der Waals surface area contributed by atoms with Crippen LogP contribution in [0.1, 0.15) is 32.4 Å². The molecule has 32 heavy (non-hydrogen) atoms. The Hall–Kier alpha value is -3.07. The molecule has 0 unspecified atom stereocenters. The van der Waals surface area contributed by atoms with Crippen LogP contribution in [0.5, 0.6) is 0 Å². The number of aliphatic hydroxyl groups is 1. The average molecular weight is 448 g/mol. The number of aryl methyl sites for hydroxylation is 1. The lowest BCUT2D eigenvalue weighted by Crippen LogP contribution is -2.27. The summed E-state index contributed by atoms with van der Waals surface area (Å²) in [5, 5.41) is 7.57. The number of carbonyl (C=O) groups is 1. The fourth-order valence-electron chi connectivity index (χ4n) is 3.13. The third kappa shape index (κ3) is 7.26. The summed E-state index contributed by atoms with van der Waals surface area (Å²) in [5.74, 6) is 0.662. The first kappa shape index (κ1) is 27.0. The van der Waals surface area contributed by atoms with Crippen LogP contribution in [-0.4, -0.2) is 66.6 Å². The molecule has 1 saturated heterocycles. The fraction of sp³-hybridized carbons (Fsp3) is 0.522. The Morgan fingerprint density at radius 2 is 1.72 bits per heavy atom. The SMILES string of the molecule is CCO.CCn1c(-c2ccc(N(C)C)cc2)nc(C)c(N)c1=O.COC(=O)N1CCCC1. The van der Waals surface area contributed by atoms with Crippen molar-refractivity contribution in [2.75, 3.05) is 51.5 Å². The number of nitrogens with two attached hydrogens (primary N) is 1. The van der Waals surface area contributed by atoms with Crippen LogP contribution in [-0.2, 0) is 11.3 Å². The predicted octanol–water partition coefficient (Wildman–Crippen LogP) is 2.73. The molecule has 1 aliphatic heterocycles. The first-order valence-corrected chi connectivity index (χ1v) is 10.8. The standard InChI is InChI=1S/C15H20N4O.C6H11NO2.C2H6O/c1-5-19-14(17-10(2)13(16)15(19)20)11-6-8-12(9-7-11)18(3)4;1-9-6(8)7-4-2-3-5-7;1-2-3/h6-9H,5,16H2,1-4H3;2-5H2,1H3;3H,2H2,1H3. The molecule has 1 aliphatic rings. The Bertz CT molecular complexity index is 904. The van der Waals surface area contributed by atoms with Crippen molar-refractivity contribution >= 4 is 17.5 Å². The molecule has 0 saturated carbocycles. The van der Waals surface area contributed by atoms with Gasteiger partial charge in [-0.3, -0.25) is 9.36 Å². The number of nitrogens with zero attached hydrogens (tertiary/aromatic N) is 4. The summed E-state index contributed by atoms with van der Waals surface area (Å²) in [6, 6.07) is 7.96. The van der Waals surface area contributed by atoms with Crippen LogP contribution >= 0.6 is 0 Å². The van der Waals surface area contributed by atoms with E-state index in [0.29, 0.717) is 18.1 Å². The molecule has 3 N–H and O–H groups in total. The summed E-state index contributed by atoms with van der Waals surface area (Å²) in [6.07, 6.45) is 2.05. The number of aromatic nitrogens is 2. The molecule has 0 aliphatic carbocycles. The summed E-state index contributed by atoms with van der Waals surface area (Å²) >= 11 is 0. The zero-order valence-electron chi connectivity index (χ0n) is 20.1. The van der Waals surface area contributed by atoms with Crippen LogP contribution in [0.3, 0.4) is 0 Å². The number of amides is 1. The number of carbonyl (C=O) groups excluding carboxylic acids is 1. The second kappa shape index (κ2) is 13.4. The van der Waals surface area contributed by atoms with E-state index in [-0.39, 0.29) is 23.9 Å². The van der Waals surface area contributed by atoms with Crippen LogP contribution in [0.4, 0.5) is 16.2 Å². The molecule has 2 heterocycles. The van der Waals surface area contributed by atoms with Crippen LogP contribution < -0.4 is 16.2 Å². The van der Waals surface area contributed by atoms with Crippen molar-refractivity contribution in [3.63, 3.8) is 0 Å². The first-order chi connectivity index (χ1) is 15.2. The van der Waals surface area contributed by atoms with Crippen molar-refractivity contribution in [3.05, 3.63) is 40.3 Å². The topological polar surface area (TPSA) is 114 Å². The highest BCUT2D eigenvalue weighted by molar-refractivity contribution is 5.67. The molecule has 1 fully saturated rings. The van der Waals surface area contributed by atoms with Crippen molar-refractivity contribution in [2.45, 2.75) is 40.2 Å². The van der Waals surface area contributed by atoms with Gasteiger partial charge < -0.3 is 25.4 Å². The predicted molar refractivity (Wildman–Crippen MR) is 129 cm³/mol. The quantitative estimate of drug-likeness (QED) is 0.743. The molecule has 0 bridgehead atoms. The summed E-state index contributed by atoms with van der Waals surface area (Å²) in [4.78, 5) is 31.1. The van der Waals surface area contributed by atoms with Crippen LogP contribution in [0.15, 0.2) is 29.1 Å². The van der Waals surface area contributed by atoms with Crippen molar-refractivity contribution < 1.29 is 14.6 Å². The Morgan fingerprint density at radius 3 is 2.16 bits per heavy atom. The number of methoxy groups -OCH3 is 1. The number of hydrogen-bond acceptors (Lipinski definition) is 7. The van der Waals surface area contributed by atoms with Crippen LogP contribution in [0, 0.1) is 6.92 Å². The highest BCUT2D eigenvalue weighted by atomic mass is 16.5. The highest BCUT2D eigenvalue weighted by Crippen LogP contribution is 2.21. The summed E-state index contributed by atoms with van der Waals surface area (Å²) in [6.45, 7) is 7.88. The monoisotopic (exact) mass is 447 g/mol. The molecule has 3 rings (SSSR count). The number of ether oxygens (including phenoxy) is 1. The molecule has 2 aromatic rings. The minimum Gasteiger partial charge on any atom is -0.453 e. The Labute approximate surface area is 190 Å². The minimum atomic E-state index is -0.187. The molecule has 178 valence electrons. The molecule has 1 aromatic heterocycles. The number of hydrogen-bond donors (Lipinski definition) is 2. The second-order valence-corrected chi connectivity index (χ2v) is 7.41. The molecule has 0 spiro atoms. The lowest BCUT2D eigenvalue weighted by Gasteiger charge is -2.15. The maximum Gasteiger partial charge on any atom is 0.409 e. The van der Waals surface area contributed by atoms with Gasteiger partial charge in [0.2, 0.25) is 0 Å². The van der Waals surface area contributed by atoms with Gasteiger partial charge in [0, 0.05) is 51.6 Å². The van der Waals surface area contributed by atoms with E-state index >= 15 is 0 Å². The van der Waals surface area contributed by atoms with E-state index < -0.39 is 0 Å². The molecule has 9 heteroatoms. The largest absolute Gasteiger partial charge is 0.453 e. The van der Waals surface area contributed by atoms with E-state index in [0.717, 1.165) is 37.2 Å². The molecule has 1 amide bonds. The molecule has 1 aromatic carbocycles. The summed E-state index contributed by atoms with van der Waals surface area (Å²) < 4.78 is 6.13. The maximum atomic E-state index is 12.2. The zero-order chi connectivity index (χ0) is 24.3. The first-order valence-electron chi connectivity index (χ1n) is 10.8. The maximum absolute atomic E-state index is 12.2.